The Morgan fingerprint density at radius 2 is 1.35 bits per heavy atom. The molecule has 2 aromatic carbocycles. The second-order valence-corrected chi connectivity index (χ2v) is 5.40. The largest absolute Gasteiger partial charge is 0.352 e. The maximum Gasteiger partial charge on any atom is 0.220 e. The third-order valence-electron chi connectivity index (χ3n) is 2.96. The Bertz CT molecular complexity index is 513. The van der Waals surface area contributed by atoms with Crippen LogP contribution in [0.15, 0.2) is 48.5 Å². The van der Waals surface area contributed by atoms with E-state index in [1.54, 1.807) is 0 Å². The number of carbonyl (C=O) groups excluding carboxylic acids is 1. The van der Waals surface area contributed by atoms with E-state index in [0.29, 0.717) is 29.4 Å². The molecule has 0 spiro atoms. The van der Waals surface area contributed by atoms with E-state index in [2.05, 4.69) is 5.32 Å². The lowest BCUT2D eigenvalue weighted by Gasteiger charge is -2.06. The van der Waals surface area contributed by atoms with Crippen molar-refractivity contribution in [3.05, 3.63) is 69.7 Å². The highest BCUT2D eigenvalue weighted by Crippen LogP contribution is 2.11. The van der Waals surface area contributed by atoms with Crippen LogP contribution in [0.3, 0.4) is 0 Å². The van der Waals surface area contributed by atoms with E-state index >= 15 is 0 Å². The third kappa shape index (κ3) is 4.87. The minimum absolute atomic E-state index is 0.0369. The molecular formula is C16H15Cl2NO. The second-order valence-electron chi connectivity index (χ2n) is 4.53. The van der Waals surface area contributed by atoms with Crippen LogP contribution in [0, 0.1) is 0 Å². The van der Waals surface area contributed by atoms with E-state index in [1.165, 1.54) is 0 Å². The molecule has 0 atom stereocenters. The molecule has 2 nitrogen and oxygen atoms in total. The van der Waals surface area contributed by atoms with Crippen LogP contribution in [0.25, 0.3) is 0 Å². The molecule has 1 N–H and O–H groups in total. The van der Waals surface area contributed by atoms with E-state index in [1.807, 2.05) is 48.5 Å². The van der Waals surface area contributed by atoms with Crippen LogP contribution in [0.5, 0.6) is 0 Å². The average Bonchev–Trinajstić information content (AvgIpc) is 2.46. The molecule has 0 aliphatic rings. The molecule has 104 valence electrons. The van der Waals surface area contributed by atoms with Gasteiger partial charge in [-0.1, -0.05) is 47.5 Å². The molecule has 0 saturated carbocycles. The number of hydrogen-bond acceptors (Lipinski definition) is 1. The lowest BCUT2D eigenvalue weighted by Crippen LogP contribution is -2.22. The Morgan fingerprint density at radius 1 is 0.850 bits per heavy atom. The van der Waals surface area contributed by atoms with Crippen molar-refractivity contribution in [2.45, 2.75) is 19.4 Å². The van der Waals surface area contributed by atoms with Gasteiger partial charge in [0.25, 0.3) is 0 Å². The first-order valence-corrected chi connectivity index (χ1v) is 7.14. The van der Waals surface area contributed by atoms with E-state index < -0.39 is 0 Å². The van der Waals surface area contributed by atoms with Crippen LogP contribution < -0.4 is 5.32 Å². The predicted octanol–water partition coefficient (Wildman–Crippen LogP) is 4.24. The summed E-state index contributed by atoms with van der Waals surface area (Å²) in [5.74, 6) is 0.0369. The van der Waals surface area contributed by atoms with Crippen LogP contribution in [-0.4, -0.2) is 5.91 Å². The highest BCUT2D eigenvalue weighted by Gasteiger charge is 2.02. The number of aryl methyl sites for hydroxylation is 1. The molecule has 4 heteroatoms. The predicted molar refractivity (Wildman–Crippen MR) is 83.1 cm³/mol. The summed E-state index contributed by atoms with van der Waals surface area (Å²) in [5.41, 5.74) is 2.14. The molecule has 0 radical (unpaired) electrons. The van der Waals surface area contributed by atoms with Crippen molar-refractivity contribution in [3.63, 3.8) is 0 Å². The molecule has 2 aromatic rings. The minimum atomic E-state index is 0.0369. The van der Waals surface area contributed by atoms with Gasteiger partial charge in [0.2, 0.25) is 5.91 Å². The topological polar surface area (TPSA) is 29.1 Å². The summed E-state index contributed by atoms with van der Waals surface area (Å²) in [4.78, 5) is 11.8. The fourth-order valence-electron chi connectivity index (χ4n) is 1.80. The van der Waals surface area contributed by atoms with Crippen molar-refractivity contribution >= 4 is 29.1 Å². The number of carbonyl (C=O) groups is 1. The number of hydrogen-bond donors (Lipinski definition) is 1. The third-order valence-corrected chi connectivity index (χ3v) is 3.46. The van der Waals surface area contributed by atoms with E-state index in [-0.39, 0.29) is 5.91 Å². The minimum Gasteiger partial charge on any atom is -0.352 e. The smallest absolute Gasteiger partial charge is 0.220 e. The van der Waals surface area contributed by atoms with Crippen molar-refractivity contribution in [1.29, 1.82) is 0 Å². The van der Waals surface area contributed by atoms with E-state index in [9.17, 15) is 4.79 Å². The molecule has 2 rings (SSSR count). The first-order valence-electron chi connectivity index (χ1n) is 6.39. The molecule has 0 aliphatic heterocycles. The van der Waals surface area contributed by atoms with Gasteiger partial charge >= 0.3 is 0 Å². The highest BCUT2D eigenvalue weighted by molar-refractivity contribution is 6.30. The van der Waals surface area contributed by atoms with Gasteiger partial charge in [-0.2, -0.15) is 0 Å². The van der Waals surface area contributed by atoms with Crippen LogP contribution in [0.1, 0.15) is 17.5 Å². The quantitative estimate of drug-likeness (QED) is 0.879. The van der Waals surface area contributed by atoms with Gasteiger partial charge in [0, 0.05) is 23.0 Å². The van der Waals surface area contributed by atoms with Gasteiger partial charge < -0.3 is 5.32 Å². The van der Waals surface area contributed by atoms with Crippen LogP contribution in [0.2, 0.25) is 10.0 Å². The van der Waals surface area contributed by atoms with Crippen LogP contribution in [0.4, 0.5) is 0 Å². The fourth-order valence-corrected chi connectivity index (χ4v) is 2.05. The molecule has 0 saturated heterocycles. The van der Waals surface area contributed by atoms with Crippen molar-refractivity contribution in [3.8, 4) is 0 Å². The Hall–Kier alpha value is -1.51. The summed E-state index contributed by atoms with van der Waals surface area (Å²) in [6, 6.07) is 15.0. The lowest BCUT2D eigenvalue weighted by molar-refractivity contribution is -0.121. The Labute approximate surface area is 128 Å². The average molecular weight is 308 g/mol. The van der Waals surface area contributed by atoms with Gasteiger partial charge in [-0.15, -0.1) is 0 Å². The molecule has 0 bridgehead atoms. The molecule has 0 unspecified atom stereocenters. The van der Waals surface area contributed by atoms with Crippen molar-refractivity contribution in [1.82, 2.24) is 5.32 Å². The number of rotatable bonds is 5. The normalized spacial score (nSPS) is 10.3. The first-order chi connectivity index (χ1) is 9.63. The highest BCUT2D eigenvalue weighted by atomic mass is 35.5. The van der Waals surface area contributed by atoms with Gasteiger partial charge in [0.05, 0.1) is 0 Å². The van der Waals surface area contributed by atoms with E-state index in [4.69, 9.17) is 23.2 Å². The summed E-state index contributed by atoms with van der Waals surface area (Å²) in [6.45, 7) is 0.524. The Kier molecular flexibility index (Phi) is 5.45. The van der Waals surface area contributed by atoms with Crippen molar-refractivity contribution in [2.75, 3.05) is 0 Å². The Balaban J connectivity index is 1.75. The standard InChI is InChI=1S/C16H15Cl2NO/c17-14-6-1-12(2-7-14)5-10-16(20)19-11-13-3-8-15(18)9-4-13/h1-4,6-9H,5,10-11H2,(H,19,20). The molecule has 0 fully saturated rings. The summed E-state index contributed by atoms with van der Waals surface area (Å²) in [6.07, 6.45) is 1.18. The van der Waals surface area contributed by atoms with Gasteiger partial charge in [0.15, 0.2) is 0 Å². The molecule has 0 aliphatic carbocycles. The molecule has 0 aromatic heterocycles. The summed E-state index contributed by atoms with van der Waals surface area (Å²) in [5, 5.41) is 4.30. The van der Waals surface area contributed by atoms with Crippen molar-refractivity contribution in [2.24, 2.45) is 0 Å². The molecule has 0 heterocycles. The van der Waals surface area contributed by atoms with Gasteiger partial charge in [0.1, 0.15) is 0 Å². The summed E-state index contributed by atoms with van der Waals surface area (Å²) >= 11 is 11.6. The summed E-state index contributed by atoms with van der Waals surface area (Å²) < 4.78 is 0. The zero-order valence-corrected chi connectivity index (χ0v) is 12.4. The zero-order chi connectivity index (χ0) is 14.4. The number of halogens is 2. The van der Waals surface area contributed by atoms with Gasteiger partial charge in [-0.3, -0.25) is 4.79 Å². The van der Waals surface area contributed by atoms with Crippen LogP contribution in [-0.2, 0) is 17.8 Å². The summed E-state index contributed by atoms with van der Waals surface area (Å²) in [7, 11) is 0. The lowest BCUT2D eigenvalue weighted by atomic mass is 10.1. The fraction of sp³-hybridized carbons (Fsp3) is 0.188. The molecular weight excluding hydrogens is 293 g/mol. The maximum absolute atomic E-state index is 11.8. The van der Waals surface area contributed by atoms with Gasteiger partial charge in [-0.05, 0) is 41.8 Å². The number of amides is 1. The van der Waals surface area contributed by atoms with E-state index in [0.717, 1.165) is 11.1 Å². The molecule has 1 amide bonds. The first kappa shape index (κ1) is 14.9. The molecule has 20 heavy (non-hydrogen) atoms. The zero-order valence-electron chi connectivity index (χ0n) is 10.9. The monoisotopic (exact) mass is 307 g/mol. The second kappa shape index (κ2) is 7.32. The number of nitrogens with one attached hydrogen (secondary N) is 1. The van der Waals surface area contributed by atoms with Crippen molar-refractivity contribution < 1.29 is 4.79 Å². The SMILES string of the molecule is O=C(CCc1ccc(Cl)cc1)NCc1ccc(Cl)cc1. The maximum atomic E-state index is 11.8. The van der Waals surface area contributed by atoms with Gasteiger partial charge in [-0.25, -0.2) is 0 Å². The van der Waals surface area contributed by atoms with Crippen LogP contribution >= 0.6 is 23.2 Å². The number of benzene rings is 2. The Morgan fingerprint density at radius 3 is 1.90 bits per heavy atom.